The first-order valence-corrected chi connectivity index (χ1v) is 5.10. The molecule has 16 heavy (non-hydrogen) atoms. The zero-order valence-corrected chi connectivity index (χ0v) is 9.49. The van der Waals surface area contributed by atoms with Crippen LogP contribution in [0.3, 0.4) is 0 Å². The van der Waals surface area contributed by atoms with Crippen LogP contribution in [0.15, 0.2) is 0 Å². The van der Waals surface area contributed by atoms with E-state index in [0.29, 0.717) is 6.42 Å². The summed E-state index contributed by atoms with van der Waals surface area (Å²) in [7, 11) is 1.23. The molecular weight excluding hydrogens is 214 g/mol. The van der Waals surface area contributed by atoms with Crippen molar-refractivity contribution in [3.63, 3.8) is 0 Å². The third-order valence-corrected chi connectivity index (χ3v) is 1.98. The van der Waals surface area contributed by atoms with E-state index in [2.05, 4.69) is 10.1 Å². The minimum absolute atomic E-state index is 0.0279. The monoisotopic (exact) mass is 231 g/mol. The Bertz CT molecular complexity index is 264. The predicted molar refractivity (Wildman–Crippen MR) is 55.7 cm³/mol. The van der Waals surface area contributed by atoms with E-state index in [1.165, 1.54) is 7.11 Å². The lowest BCUT2D eigenvalue weighted by molar-refractivity contribution is -0.144. The molecule has 0 aliphatic rings. The lowest BCUT2D eigenvalue weighted by Crippen LogP contribution is -2.41. The molecule has 1 amide bonds. The third kappa shape index (κ3) is 6.00. The van der Waals surface area contributed by atoms with Crippen LogP contribution in [0.1, 0.15) is 32.6 Å². The molecule has 2 N–H and O–H groups in total. The summed E-state index contributed by atoms with van der Waals surface area (Å²) in [5.74, 6) is -1.95. The Morgan fingerprint density at radius 1 is 1.31 bits per heavy atom. The Morgan fingerprint density at radius 3 is 2.38 bits per heavy atom. The van der Waals surface area contributed by atoms with Crippen LogP contribution in [0, 0.1) is 0 Å². The molecule has 92 valence electrons. The maximum absolute atomic E-state index is 11.2. The Morgan fingerprint density at radius 2 is 1.94 bits per heavy atom. The van der Waals surface area contributed by atoms with E-state index in [0.717, 1.165) is 0 Å². The van der Waals surface area contributed by atoms with E-state index in [9.17, 15) is 14.4 Å². The normalized spacial score (nSPS) is 11.6. The molecule has 0 aromatic heterocycles. The fraction of sp³-hybridized carbons (Fsp3) is 0.700. The number of hydrogen-bond donors (Lipinski definition) is 2. The number of carbonyl (C=O) groups is 3. The molecule has 6 heteroatoms. The van der Waals surface area contributed by atoms with Crippen LogP contribution in [-0.2, 0) is 19.1 Å². The highest BCUT2D eigenvalue weighted by atomic mass is 16.5. The van der Waals surface area contributed by atoms with Crippen molar-refractivity contribution in [2.75, 3.05) is 7.11 Å². The van der Waals surface area contributed by atoms with Crippen LogP contribution < -0.4 is 5.32 Å². The number of carboxylic acids is 1. The number of hydrogen-bond acceptors (Lipinski definition) is 4. The summed E-state index contributed by atoms with van der Waals surface area (Å²) < 4.78 is 4.39. The van der Waals surface area contributed by atoms with Gasteiger partial charge >= 0.3 is 11.9 Å². The van der Waals surface area contributed by atoms with Gasteiger partial charge in [0.1, 0.15) is 6.04 Å². The van der Waals surface area contributed by atoms with E-state index < -0.39 is 18.0 Å². The highest BCUT2D eigenvalue weighted by molar-refractivity contribution is 5.83. The van der Waals surface area contributed by atoms with Gasteiger partial charge in [0, 0.05) is 12.8 Å². The number of amides is 1. The van der Waals surface area contributed by atoms with Gasteiger partial charge in [0.05, 0.1) is 7.11 Å². The van der Waals surface area contributed by atoms with Crippen molar-refractivity contribution in [3.05, 3.63) is 0 Å². The summed E-state index contributed by atoms with van der Waals surface area (Å²) >= 11 is 0. The molecule has 6 nitrogen and oxygen atoms in total. The maximum atomic E-state index is 11.2. The van der Waals surface area contributed by atoms with Gasteiger partial charge < -0.3 is 15.2 Å². The topological polar surface area (TPSA) is 92.7 Å². The lowest BCUT2D eigenvalue weighted by atomic mass is 10.1. The number of carbonyl (C=O) groups excluding carboxylic acids is 2. The number of aliphatic carboxylic acids is 1. The van der Waals surface area contributed by atoms with Gasteiger partial charge in [-0.2, -0.15) is 0 Å². The second-order valence-electron chi connectivity index (χ2n) is 3.32. The van der Waals surface area contributed by atoms with Crippen molar-refractivity contribution in [3.8, 4) is 0 Å². The van der Waals surface area contributed by atoms with Crippen molar-refractivity contribution >= 4 is 17.8 Å². The molecule has 0 fully saturated rings. The van der Waals surface area contributed by atoms with Crippen LogP contribution >= 0.6 is 0 Å². The summed E-state index contributed by atoms with van der Waals surface area (Å²) in [6.07, 6.45) is 0.939. The van der Waals surface area contributed by atoms with Gasteiger partial charge in [-0.15, -0.1) is 0 Å². The van der Waals surface area contributed by atoms with Crippen molar-refractivity contribution < 1.29 is 24.2 Å². The van der Waals surface area contributed by atoms with E-state index in [4.69, 9.17) is 5.11 Å². The van der Waals surface area contributed by atoms with Gasteiger partial charge in [-0.1, -0.05) is 6.92 Å². The number of methoxy groups -OCH3 is 1. The number of nitrogens with one attached hydrogen (secondary N) is 1. The molecule has 0 aromatic carbocycles. The number of ether oxygens (including phenoxy) is 1. The molecule has 0 aliphatic carbocycles. The Hall–Kier alpha value is -1.59. The van der Waals surface area contributed by atoms with Gasteiger partial charge in [0.2, 0.25) is 5.91 Å². The van der Waals surface area contributed by atoms with Crippen LogP contribution in [0.25, 0.3) is 0 Å². The molecule has 0 radical (unpaired) electrons. The van der Waals surface area contributed by atoms with E-state index in [-0.39, 0.29) is 25.2 Å². The largest absolute Gasteiger partial charge is 0.480 e. The molecule has 1 atom stereocenters. The summed E-state index contributed by atoms with van der Waals surface area (Å²) in [5, 5.41) is 11.2. The van der Waals surface area contributed by atoms with Crippen molar-refractivity contribution in [2.45, 2.75) is 38.6 Å². The van der Waals surface area contributed by atoms with E-state index in [1.807, 2.05) is 6.92 Å². The van der Waals surface area contributed by atoms with Crippen molar-refractivity contribution in [2.24, 2.45) is 0 Å². The van der Waals surface area contributed by atoms with Crippen molar-refractivity contribution in [1.82, 2.24) is 5.32 Å². The molecule has 0 spiro atoms. The Balaban J connectivity index is 4.12. The summed E-state index contributed by atoms with van der Waals surface area (Å²) in [4.78, 5) is 32.8. The molecular formula is C10H17NO5. The average molecular weight is 231 g/mol. The first kappa shape index (κ1) is 14.4. The van der Waals surface area contributed by atoms with Crippen LogP contribution in [0.4, 0.5) is 0 Å². The quantitative estimate of drug-likeness (QED) is 0.615. The molecule has 0 saturated heterocycles. The standard InChI is InChI=1S/C10H17NO5/c1-3-4-8(12)11-7(10(14)15)5-6-9(13)16-2/h7H,3-6H2,1-2H3,(H,11,12)(H,14,15)/t7-/m1/s1. The zero-order valence-electron chi connectivity index (χ0n) is 9.49. The van der Waals surface area contributed by atoms with Crippen molar-refractivity contribution in [1.29, 1.82) is 0 Å². The lowest BCUT2D eigenvalue weighted by Gasteiger charge is -2.13. The first-order valence-electron chi connectivity index (χ1n) is 5.10. The maximum Gasteiger partial charge on any atom is 0.326 e. The van der Waals surface area contributed by atoms with Gasteiger partial charge in [0.15, 0.2) is 0 Å². The SMILES string of the molecule is CCCC(=O)N[C@H](CCC(=O)OC)C(=O)O. The fourth-order valence-corrected chi connectivity index (χ4v) is 1.12. The van der Waals surface area contributed by atoms with Crippen LogP contribution in [0.5, 0.6) is 0 Å². The Labute approximate surface area is 94.0 Å². The second-order valence-corrected chi connectivity index (χ2v) is 3.32. The minimum atomic E-state index is -1.15. The highest BCUT2D eigenvalue weighted by Gasteiger charge is 2.20. The molecule has 0 heterocycles. The number of rotatable bonds is 7. The number of esters is 1. The van der Waals surface area contributed by atoms with E-state index in [1.54, 1.807) is 0 Å². The molecule has 0 unspecified atom stereocenters. The molecule has 0 aliphatic heterocycles. The second kappa shape index (κ2) is 7.67. The zero-order chi connectivity index (χ0) is 12.6. The molecule has 0 aromatic rings. The summed E-state index contributed by atoms with van der Waals surface area (Å²) in [5.41, 5.74) is 0. The van der Waals surface area contributed by atoms with Gasteiger partial charge in [-0.05, 0) is 12.8 Å². The van der Waals surface area contributed by atoms with Crippen LogP contribution in [-0.4, -0.2) is 36.1 Å². The van der Waals surface area contributed by atoms with Gasteiger partial charge in [-0.3, -0.25) is 9.59 Å². The van der Waals surface area contributed by atoms with Gasteiger partial charge in [0.25, 0.3) is 0 Å². The van der Waals surface area contributed by atoms with Gasteiger partial charge in [-0.25, -0.2) is 4.79 Å². The smallest absolute Gasteiger partial charge is 0.326 e. The number of carboxylic acid groups (broad SMARTS) is 1. The average Bonchev–Trinajstić information content (AvgIpc) is 2.23. The fourth-order valence-electron chi connectivity index (χ4n) is 1.12. The molecule has 0 bridgehead atoms. The summed E-state index contributed by atoms with van der Waals surface area (Å²) in [6.45, 7) is 1.82. The predicted octanol–water partition coefficient (Wildman–Crippen LogP) is 0.309. The van der Waals surface area contributed by atoms with E-state index >= 15 is 0 Å². The van der Waals surface area contributed by atoms with Crippen LogP contribution in [0.2, 0.25) is 0 Å². The Kier molecular flexibility index (Phi) is 6.91. The molecule has 0 saturated carbocycles. The summed E-state index contributed by atoms with van der Waals surface area (Å²) in [6, 6.07) is -1.03. The highest BCUT2D eigenvalue weighted by Crippen LogP contribution is 2.00. The molecule has 0 rings (SSSR count). The first-order chi connectivity index (χ1) is 7.51. The third-order valence-electron chi connectivity index (χ3n) is 1.98. The minimum Gasteiger partial charge on any atom is -0.480 e.